The van der Waals surface area contributed by atoms with Crippen LogP contribution >= 0.6 is 11.0 Å². The highest BCUT2D eigenvalue weighted by Crippen LogP contribution is 2.50. The second-order valence-electron chi connectivity index (χ2n) is 6.17. The molecule has 0 amide bonds. The second-order valence-corrected chi connectivity index (χ2v) is 7.88. The van der Waals surface area contributed by atoms with Crippen LogP contribution in [0.5, 0.6) is 5.75 Å². The molecule has 1 atom stereocenters. The molecule has 0 radical (unpaired) electrons. The molecule has 0 aliphatic carbocycles. The van der Waals surface area contributed by atoms with Gasteiger partial charge in [0.2, 0.25) is 0 Å². The molecule has 2 aromatic carbocycles. The number of aliphatic hydroxyl groups excluding tert-OH is 1. The van der Waals surface area contributed by atoms with Gasteiger partial charge in [-0.1, -0.05) is 29.2 Å². The highest BCUT2D eigenvalue weighted by atomic mass is 32.3. The number of carbonyl (C=O) groups is 1. The molecule has 1 heterocycles. The van der Waals surface area contributed by atoms with Crippen molar-refractivity contribution in [3.63, 3.8) is 0 Å². The fraction of sp³-hybridized carbons (Fsp3) is 0.353. The van der Waals surface area contributed by atoms with Gasteiger partial charge in [-0.2, -0.15) is 4.72 Å². The SMILES string of the molecule is COC(=O)CCCc1ccc2cc(O)c(N3CC(O)NS3(O)O)cc2c1. The quantitative estimate of drug-likeness (QED) is 0.500. The van der Waals surface area contributed by atoms with Crippen molar-refractivity contribution in [1.29, 1.82) is 0 Å². The molecule has 2 aromatic rings. The van der Waals surface area contributed by atoms with Gasteiger partial charge in [-0.05, 0) is 41.3 Å². The van der Waals surface area contributed by atoms with Crippen LogP contribution in [0.15, 0.2) is 30.3 Å². The Morgan fingerprint density at radius 1 is 1.31 bits per heavy atom. The number of β-amino-alcohol motifs (C(OH)–C–C–N with tert-alkyl or cyclic N) is 1. The molecule has 0 saturated carbocycles. The predicted molar refractivity (Wildman–Crippen MR) is 99.9 cm³/mol. The van der Waals surface area contributed by atoms with Crippen molar-refractivity contribution in [2.75, 3.05) is 18.0 Å². The topological polar surface area (TPSA) is 122 Å². The van der Waals surface area contributed by atoms with Crippen LogP contribution in [-0.4, -0.2) is 45.2 Å². The highest BCUT2D eigenvalue weighted by Gasteiger charge is 2.36. The summed E-state index contributed by atoms with van der Waals surface area (Å²) >= 11 is 0. The van der Waals surface area contributed by atoms with E-state index in [1.54, 1.807) is 12.1 Å². The average molecular weight is 382 g/mol. The van der Waals surface area contributed by atoms with E-state index in [2.05, 4.69) is 9.46 Å². The lowest BCUT2D eigenvalue weighted by molar-refractivity contribution is -0.140. The zero-order valence-electron chi connectivity index (χ0n) is 14.3. The lowest BCUT2D eigenvalue weighted by Crippen LogP contribution is -2.25. The number of rotatable bonds is 5. The first-order chi connectivity index (χ1) is 12.3. The molecular formula is C17H22N2O6S. The molecule has 1 saturated heterocycles. The number of phenolic OH excluding ortho intramolecular Hbond substituents is 1. The molecule has 0 bridgehead atoms. The molecule has 1 aliphatic heterocycles. The third-order valence-corrected chi connectivity index (χ3v) is 5.83. The first-order valence-corrected chi connectivity index (χ1v) is 9.64. The average Bonchev–Trinajstić information content (AvgIpc) is 2.86. The Balaban J connectivity index is 1.87. The van der Waals surface area contributed by atoms with E-state index in [4.69, 9.17) is 0 Å². The Kier molecular flexibility index (Phi) is 5.26. The van der Waals surface area contributed by atoms with Gasteiger partial charge in [-0.3, -0.25) is 18.2 Å². The van der Waals surface area contributed by atoms with Gasteiger partial charge in [0.1, 0.15) is 17.7 Å². The Morgan fingerprint density at radius 2 is 2.08 bits per heavy atom. The summed E-state index contributed by atoms with van der Waals surface area (Å²) in [5, 5.41) is 21.5. The molecule has 0 aromatic heterocycles. The van der Waals surface area contributed by atoms with Gasteiger partial charge in [0.25, 0.3) is 0 Å². The van der Waals surface area contributed by atoms with Gasteiger partial charge in [0.15, 0.2) is 0 Å². The second kappa shape index (κ2) is 7.29. The van der Waals surface area contributed by atoms with Crippen molar-refractivity contribution in [3.8, 4) is 5.75 Å². The highest BCUT2D eigenvalue weighted by molar-refractivity contribution is 8.24. The molecule has 8 nitrogen and oxygen atoms in total. The summed E-state index contributed by atoms with van der Waals surface area (Å²) in [6.07, 6.45) is 0.597. The minimum atomic E-state index is -3.40. The van der Waals surface area contributed by atoms with E-state index in [1.807, 2.05) is 18.2 Å². The number of aliphatic hydroxyl groups is 1. The van der Waals surface area contributed by atoms with Crippen LogP contribution < -0.4 is 9.03 Å². The zero-order chi connectivity index (χ0) is 18.9. The number of ether oxygens (including phenoxy) is 1. The lowest BCUT2D eigenvalue weighted by atomic mass is 10.0. The maximum Gasteiger partial charge on any atom is 0.305 e. The van der Waals surface area contributed by atoms with Gasteiger partial charge in [0, 0.05) is 6.42 Å². The molecule has 1 fully saturated rings. The number of nitrogens with one attached hydrogen (secondary N) is 1. The van der Waals surface area contributed by atoms with E-state index in [-0.39, 0.29) is 24.0 Å². The van der Waals surface area contributed by atoms with Crippen LogP contribution in [0.4, 0.5) is 5.69 Å². The summed E-state index contributed by atoms with van der Waals surface area (Å²) in [7, 11) is -2.03. The maximum absolute atomic E-state index is 11.2. The number of methoxy groups -OCH3 is 1. The minimum absolute atomic E-state index is 0.0553. The van der Waals surface area contributed by atoms with E-state index in [0.717, 1.165) is 20.6 Å². The number of aryl methyl sites for hydroxylation is 1. The van der Waals surface area contributed by atoms with Crippen LogP contribution in [0.2, 0.25) is 0 Å². The van der Waals surface area contributed by atoms with Crippen molar-refractivity contribution in [2.24, 2.45) is 0 Å². The molecule has 3 rings (SSSR count). The summed E-state index contributed by atoms with van der Waals surface area (Å²) in [4.78, 5) is 11.2. The first kappa shape index (κ1) is 18.7. The van der Waals surface area contributed by atoms with Gasteiger partial charge >= 0.3 is 5.97 Å². The standard InChI is InChI=1S/C17H22N2O6S/c1-25-17(22)4-2-3-11-5-6-12-9-15(20)14(8-13(12)7-11)19-10-16(21)18-26(19,23)24/h5-9,16,18,20-21,23-24H,2-4,10H2,1H3. The molecule has 9 heteroatoms. The zero-order valence-corrected chi connectivity index (χ0v) is 15.1. The summed E-state index contributed by atoms with van der Waals surface area (Å²) in [5.41, 5.74) is 1.25. The molecule has 0 spiro atoms. The van der Waals surface area contributed by atoms with Crippen LogP contribution in [0, 0.1) is 0 Å². The number of nitrogens with zero attached hydrogens (tertiary/aromatic N) is 1. The number of hydrogen-bond donors (Lipinski definition) is 5. The van der Waals surface area contributed by atoms with Gasteiger partial charge < -0.3 is 14.9 Å². The molecule has 1 unspecified atom stereocenters. The van der Waals surface area contributed by atoms with E-state index >= 15 is 0 Å². The summed E-state index contributed by atoms with van der Waals surface area (Å²) < 4.78 is 28.2. The fourth-order valence-corrected chi connectivity index (χ4v) is 4.33. The van der Waals surface area contributed by atoms with Gasteiger partial charge in [-0.15, -0.1) is 0 Å². The Morgan fingerprint density at radius 3 is 2.73 bits per heavy atom. The maximum atomic E-state index is 11.2. The number of anilines is 1. The number of benzene rings is 2. The number of phenols is 1. The van der Waals surface area contributed by atoms with Crippen LogP contribution in [0.3, 0.4) is 0 Å². The number of aromatic hydroxyl groups is 1. The van der Waals surface area contributed by atoms with Crippen molar-refractivity contribution in [1.82, 2.24) is 4.72 Å². The van der Waals surface area contributed by atoms with E-state index in [1.165, 1.54) is 7.11 Å². The minimum Gasteiger partial charge on any atom is -0.506 e. The number of fused-ring (bicyclic) bond motifs is 1. The number of esters is 1. The molecule has 26 heavy (non-hydrogen) atoms. The number of hydrogen-bond acceptors (Lipinski definition) is 8. The third kappa shape index (κ3) is 3.87. The van der Waals surface area contributed by atoms with Crippen molar-refractivity contribution in [2.45, 2.75) is 25.5 Å². The molecular weight excluding hydrogens is 360 g/mol. The van der Waals surface area contributed by atoms with E-state index in [9.17, 15) is 24.1 Å². The summed E-state index contributed by atoms with van der Waals surface area (Å²) in [5.74, 6) is -0.352. The third-order valence-electron chi connectivity index (χ3n) is 4.28. The first-order valence-electron chi connectivity index (χ1n) is 8.14. The van der Waals surface area contributed by atoms with Crippen LogP contribution in [0.1, 0.15) is 18.4 Å². The van der Waals surface area contributed by atoms with Crippen LogP contribution in [-0.2, 0) is 16.0 Å². The van der Waals surface area contributed by atoms with Gasteiger partial charge in [-0.25, -0.2) is 0 Å². The smallest absolute Gasteiger partial charge is 0.305 e. The van der Waals surface area contributed by atoms with Gasteiger partial charge in [0.05, 0.1) is 13.7 Å². The lowest BCUT2D eigenvalue weighted by Gasteiger charge is -2.37. The van der Waals surface area contributed by atoms with Crippen molar-refractivity contribution >= 4 is 33.4 Å². The molecule has 1 aliphatic rings. The summed E-state index contributed by atoms with van der Waals surface area (Å²) in [6.45, 7) is -0.0553. The fourth-order valence-electron chi connectivity index (χ4n) is 3.00. The predicted octanol–water partition coefficient (Wildman–Crippen LogP) is 2.35. The monoisotopic (exact) mass is 382 g/mol. The number of carbonyl (C=O) groups excluding carboxylic acids is 1. The molecule has 142 valence electrons. The Labute approximate surface area is 152 Å². The van der Waals surface area contributed by atoms with Crippen LogP contribution in [0.25, 0.3) is 10.8 Å². The Hall–Kier alpha value is -2.04. The van der Waals surface area contributed by atoms with Crippen molar-refractivity contribution in [3.05, 3.63) is 35.9 Å². The normalized spacial score (nSPS) is 20.3. The Bertz CT molecular complexity index is 828. The summed E-state index contributed by atoms with van der Waals surface area (Å²) in [6, 6.07) is 8.92. The van der Waals surface area contributed by atoms with E-state index in [0.29, 0.717) is 19.3 Å². The van der Waals surface area contributed by atoms with E-state index < -0.39 is 17.2 Å². The largest absolute Gasteiger partial charge is 0.506 e. The van der Waals surface area contributed by atoms with Crippen molar-refractivity contribution < 1.29 is 28.8 Å². The molecule has 5 N–H and O–H groups in total.